The topological polar surface area (TPSA) is 48.0 Å². The van der Waals surface area contributed by atoms with Crippen molar-refractivity contribution < 1.29 is 4.79 Å². The van der Waals surface area contributed by atoms with Crippen LogP contribution in [-0.2, 0) is 12.8 Å². The molecule has 1 aliphatic carbocycles. The Kier molecular flexibility index (Phi) is 2.37. The molecule has 17 heavy (non-hydrogen) atoms. The van der Waals surface area contributed by atoms with Crippen LogP contribution in [0.5, 0.6) is 0 Å². The van der Waals surface area contributed by atoms with Crippen molar-refractivity contribution in [3.05, 3.63) is 34.5 Å². The summed E-state index contributed by atoms with van der Waals surface area (Å²) in [4.78, 5) is 11.6. The van der Waals surface area contributed by atoms with E-state index in [1.54, 1.807) is 10.6 Å². The van der Waals surface area contributed by atoms with E-state index < -0.39 is 6.03 Å². The summed E-state index contributed by atoms with van der Waals surface area (Å²) in [5.41, 5.74) is 8.67. The summed E-state index contributed by atoms with van der Waals surface area (Å²) < 4.78 is 1.64. The third-order valence-electron chi connectivity index (χ3n) is 3.45. The molecule has 2 N–H and O–H groups in total. The van der Waals surface area contributed by atoms with Crippen LogP contribution in [0.3, 0.4) is 0 Å². The van der Waals surface area contributed by atoms with E-state index >= 15 is 0 Å². The molecule has 3 nitrogen and oxygen atoms in total. The van der Waals surface area contributed by atoms with Gasteiger partial charge >= 0.3 is 6.03 Å². The van der Waals surface area contributed by atoms with E-state index in [1.165, 1.54) is 5.56 Å². The molecule has 0 atom stereocenters. The standard InChI is InChI=1S/C13H13ClN2O/c14-8-5-6-12-10(7-8)9-3-1-2-4-11(9)16(12)13(15)17/h5-7H,1-4H2,(H2,15,17). The number of amides is 1. The van der Waals surface area contributed by atoms with E-state index in [-0.39, 0.29) is 0 Å². The molecule has 3 rings (SSSR count). The van der Waals surface area contributed by atoms with Gasteiger partial charge in [-0.25, -0.2) is 4.79 Å². The third kappa shape index (κ3) is 1.53. The van der Waals surface area contributed by atoms with Crippen LogP contribution in [0.1, 0.15) is 24.1 Å². The fourth-order valence-corrected chi connectivity index (χ4v) is 2.94. The molecule has 1 amide bonds. The number of carbonyl (C=O) groups excluding carboxylic acids is 1. The van der Waals surface area contributed by atoms with Crippen LogP contribution in [0.4, 0.5) is 4.79 Å². The first-order valence-corrected chi connectivity index (χ1v) is 6.18. The smallest absolute Gasteiger partial charge is 0.323 e. The number of rotatable bonds is 0. The Labute approximate surface area is 104 Å². The van der Waals surface area contributed by atoms with Crippen LogP contribution < -0.4 is 5.73 Å². The van der Waals surface area contributed by atoms with Crippen molar-refractivity contribution in [3.63, 3.8) is 0 Å². The molecule has 0 spiro atoms. The largest absolute Gasteiger partial charge is 0.351 e. The average Bonchev–Trinajstić information content (AvgIpc) is 2.63. The number of benzene rings is 1. The van der Waals surface area contributed by atoms with Crippen molar-refractivity contribution in [2.45, 2.75) is 25.7 Å². The first kappa shape index (κ1) is 10.7. The molecule has 1 aromatic heterocycles. The summed E-state index contributed by atoms with van der Waals surface area (Å²) in [5, 5.41) is 1.78. The second-order valence-corrected chi connectivity index (χ2v) is 4.90. The van der Waals surface area contributed by atoms with Crippen LogP contribution in [0.2, 0.25) is 5.02 Å². The van der Waals surface area contributed by atoms with Crippen LogP contribution in [-0.4, -0.2) is 10.6 Å². The maximum Gasteiger partial charge on any atom is 0.323 e. The number of hydrogen-bond donors (Lipinski definition) is 1. The van der Waals surface area contributed by atoms with Gasteiger partial charge in [-0.1, -0.05) is 11.6 Å². The molecule has 2 aromatic rings. The Bertz CT molecular complexity index is 615. The molecular weight excluding hydrogens is 236 g/mol. The zero-order chi connectivity index (χ0) is 12.0. The van der Waals surface area contributed by atoms with Crippen molar-refractivity contribution in [2.24, 2.45) is 5.73 Å². The molecule has 0 aliphatic heterocycles. The monoisotopic (exact) mass is 248 g/mol. The lowest BCUT2D eigenvalue weighted by Crippen LogP contribution is -2.22. The number of hydrogen-bond acceptors (Lipinski definition) is 1. The minimum absolute atomic E-state index is 0.402. The fraction of sp³-hybridized carbons (Fsp3) is 0.308. The number of carbonyl (C=O) groups is 1. The Morgan fingerprint density at radius 2 is 2.06 bits per heavy atom. The average molecular weight is 249 g/mol. The van der Waals surface area contributed by atoms with Gasteiger partial charge in [0.15, 0.2) is 0 Å². The minimum Gasteiger partial charge on any atom is -0.351 e. The van der Waals surface area contributed by atoms with Gasteiger partial charge in [0, 0.05) is 16.1 Å². The van der Waals surface area contributed by atoms with Crippen LogP contribution in [0, 0.1) is 0 Å². The molecule has 0 bridgehead atoms. The highest BCUT2D eigenvalue weighted by Crippen LogP contribution is 2.33. The first-order chi connectivity index (χ1) is 8.18. The van der Waals surface area contributed by atoms with Crippen LogP contribution in [0.25, 0.3) is 10.9 Å². The Balaban J connectivity index is 2.41. The number of nitrogens with zero attached hydrogens (tertiary/aromatic N) is 1. The summed E-state index contributed by atoms with van der Waals surface area (Å²) in [5.74, 6) is 0. The summed E-state index contributed by atoms with van der Waals surface area (Å²) in [6.45, 7) is 0. The van der Waals surface area contributed by atoms with Gasteiger partial charge in [-0.15, -0.1) is 0 Å². The summed E-state index contributed by atoms with van der Waals surface area (Å²) >= 11 is 6.02. The van der Waals surface area contributed by atoms with Crippen LogP contribution in [0.15, 0.2) is 18.2 Å². The van der Waals surface area contributed by atoms with Crippen molar-refractivity contribution >= 4 is 28.5 Å². The molecule has 0 unspecified atom stereocenters. The number of aryl methyl sites for hydroxylation is 1. The number of nitrogens with two attached hydrogens (primary N) is 1. The van der Waals surface area contributed by atoms with E-state index in [1.807, 2.05) is 12.1 Å². The molecule has 1 heterocycles. The molecule has 1 aromatic carbocycles. The SMILES string of the molecule is NC(=O)n1c2c(c3cc(Cl)ccc31)CCCC2. The predicted octanol–water partition coefficient (Wildman–Crippen LogP) is 3.10. The molecule has 4 heteroatoms. The van der Waals surface area contributed by atoms with Gasteiger partial charge < -0.3 is 5.73 Å². The van der Waals surface area contributed by atoms with E-state index in [0.29, 0.717) is 5.02 Å². The quantitative estimate of drug-likeness (QED) is 0.765. The zero-order valence-corrected chi connectivity index (χ0v) is 10.1. The molecule has 0 fully saturated rings. The summed E-state index contributed by atoms with van der Waals surface area (Å²) in [6, 6.07) is 5.20. The van der Waals surface area contributed by atoms with Crippen molar-refractivity contribution in [2.75, 3.05) is 0 Å². The van der Waals surface area contributed by atoms with Crippen LogP contribution >= 0.6 is 11.6 Å². The number of primary amides is 1. The summed E-state index contributed by atoms with van der Waals surface area (Å²) in [6.07, 6.45) is 4.21. The third-order valence-corrected chi connectivity index (χ3v) is 3.69. The predicted molar refractivity (Wildman–Crippen MR) is 68.6 cm³/mol. The minimum atomic E-state index is -0.402. The van der Waals surface area contributed by atoms with E-state index in [4.69, 9.17) is 17.3 Å². The van der Waals surface area contributed by atoms with Gasteiger partial charge in [0.1, 0.15) is 0 Å². The molecule has 0 radical (unpaired) electrons. The molecule has 1 aliphatic rings. The van der Waals surface area contributed by atoms with Crippen molar-refractivity contribution in [3.8, 4) is 0 Å². The highest BCUT2D eigenvalue weighted by Gasteiger charge is 2.22. The van der Waals surface area contributed by atoms with Gasteiger partial charge in [0.2, 0.25) is 0 Å². The van der Waals surface area contributed by atoms with Gasteiger partial charge in [0.25, 0.3) is 0 Å². The van der Waals surface area contributed by atoms with E-state index in [9.17, 15) is 4.79 Å². The molecular formula is C13H13ClN2O. The van der Waals surface area contributed by atoms with Gasteiger partial charge in [-0.3, -0.25) is 4.57 Å². The first-order valence-electron chi connectivity index (χ1n) is 5.80. The second-order valence-electron chi connectivity index (χ2n) is 4.47. The van der Waals surface area contributed by atoms with E-state index in [0.717, 1.165) is 42.3 Å². The lowest BCUT2D eigenvalue weighted by Gasteiger charge is -2.13. The maximum atomic E-state index is 11.6. The maximum absolute atomic E-state index is 11.6. The lowest BCUT2D eigenvalue weighted by atomic mass is 9.96. The molecule has 0 saturated heterocycles. The fourth-order valence-electron chi connectivity index (χ4n) is 2.77. The Morgan fingerprint density at radius 1 is 1.29 bits per heavy atom. The van der Waals surface area contributed by atoms with Crippen molar-refractivity contribution in [1.82, 2.24) is 4.57 Å². The molecule has 88 valence electrons. The molecule has 0 saturated carbocycles. The van der Waals surface area contributed by atoms with E-state index in [2.05, 4.69) is 0 Å². The summed E-state index contributed by atoms with van der Waals surface area (Å²) in [7, 11) is 0. The zero-order valence-electron chi connectivity index (χ0n) is 9.37. The highest BCUT2D eigenvalue weighted by molar-refractivity contribution is 6.31. The number of fused-ring (bicyclic) bond motifs is 3. The Morgan fingerprint density at radius 3 is 2.82 bits per heavy atom. The van der Waals surface area contributed by atoms with Gasteiger partial charge in [-0.2, -0.15) is 0 Å². The Hall–Kier alpha value is -1.48. The highest BCUT2D eigenvalue weighted by atomic mass is 35.5. The normalized spacial score (nSPS) is 14.9. The number of aromatic nitrogens is 1. The number of halogens is 1. The van der Waals surface area contributed by atoms with Crippen molar-refractivity contribution in [1.29, 1.82) is 0 Å². The second kappa shape index (κ2) is 3.77. The van der Waals surface area contributed by atoms with Gasteiger partial charge in [0.05, 0.1) is 5.52 Å². The lowest BCUT2D eigenvalue weighted by molar-refractivity contribution is 0.250. The van der Waals surface area contributed by atoms with Gasteiger partial charge in [-0.05, 0) is 49.4 Å².